The highest BCUT2D eigenvalue weighted by Gasteiger charge is 2.31. The fourth-order valence-corrected chi connectivity index (χ4v) is 1.33. The maximum Gasteiger partial charge on any atom is 0.417 e. The minimum absolute atomic E-state index is 0.0594. The molecule has 2 rings (SSSR count). The standard InChI is InChI=1S/C11H8F3N3O/c1-6-3-16-9(17-10(6)18)7-2-8(5-15-4-7)11(12,13)14/h2-5H,1H3,(H,16,17,18). The summed E-state index contributed by atoms with van der Waals surface area (Å²) in [6, 6.07) is 0.889. The van der Waals surface area contributed by atoms with Gasteiger partial charge in [-0.15, -0.1) is 0 Å². The van der Waals surface area contributed by atoms with E-state index in [4.69, 9.17) is 0 Å². The van der Waals surface area contributed by atoms with Gasteiger partial charge in [-0.1, -0.05) is 0 Å². The zero-order valence-corrected chi connectivity index (χ0v) is 9.25. The Balaban J connectivity index is 2.51. The van der Waals surface area contributed by atoms with Crippen molar-refractivity contribution in [2.75, 3.05) is 0 Å². The highest BCUT2D eigenvalue weighted by atomic mass is 19.4. The topological polar surface area (TPSA) is 58.6 Å². The fraction of sp³-hybridized carbons (Fsp3) is 0.182. The van der Waals surface area contributed by atoms with Crippen LogP contribution >= 0.6 is 0 Å². The van der Waals surface area contributed by atoms with Crippen molar-refractivity contribution in [3.05, 3.63) is 46.1 Å². The SMILES string of the molecule is Cc1cnc(-c2cncc(C(F)(F)F)c2)[nH]c1=O. The van der Waals surface area contributed by atoms with Gasteiger partial charge >= 0.3 is 6.18 Å². The van der Waals surface area contributed by atoms with Crippen LogP contribution in [0.5, 0.6) is 0 Å². The summed E-state index contributed by atoms with van der Waals surface area (Å²) in [6.07, 6.45) is -1.25. The van der Waals surface area contributed by atoms with Gasteiger partial charge in [-0.3, -0.25) is 9.78 Å². The zero-order chi connectivity index (χ0) is 13.3. The molecule has 0 atom stereocenters. The molecule has 7 heteroatoms. The van der Waals surface area contributed by atoms with Gasteiger partial charge in [-0.05, 0) is 13.0 Å². The fourth-order valence-electron chi connectivity index (χ4n) is 1.33. The van der Waals surface area contributed by atoms with Crippen molar-refractivity contribution in [2.24, 2.45) is 0 Å². The zero-order valence-electron chi connectivity index (χ0n) is 9.25. The molecule has 0 aliphatic heterocycles. The van der Waals surface area contributed by atoms with Crippen LogP contribution in [0.25, 0.3) is 11.4 Å². The van der Waals surface area contributed by atoms with Crippen LogP contribution in [0.2, 0.25) is 0 Å². The molecule has 0 radical (unpaired) electrons. The number of halogens is 3. The maximum atomic E-state index is 12.5. The summed E-state index contributed by atoms with van der Waals surface area (Å²) < 4.78 is 37.5. The molecule has 2 aromatic heterocycles. The van der Waals surface area contributed by atoms with E-state index in [1.807, 2.05) is 0 Å². The highest BCUT2D eigenvalue weighted by Crippen LogP contribution is 2.30. The van der Waals surface area contributed by atoms with Crippen LogP contribution in [0.1, 0.15) is 11.1 Å². The Bertz CT molecular complexity index is 634. The summed E-state index contributed by atoms with van der Waals surface area (Å²) >= 11 is 0. The van der Waals surface area contributed by atoms with Crippen LogP contribution in [0.4, 0.5) is 13.2 Å². The molecule has 1 N–H and O–H groups in total. The van der Waals surface area contributed by atoms with Gasteiger partial charge in [0.25, 0.3) is 5.56 Å². The van der Waals surface area contributed by atoms with Crippen molar-refractivity contribution in [2.45, 2.75) is 13.1 Å². The lowest BCUT2D eigenvalue weighted by atomic mass is 10.2. The number of alkyl halides is 3. The van der Waals surface area contributed by atoms with E-state index in [2.05, 4.69) is 15.0 Å². The Morgan fingerprint density at radius 1 is 1.22 bits per heavy atom. The predicted octanol–water partition coefficient (Wildman–Crippen LogP) is 2.16. The van der Waals surface area contributed by atoms with Gasteiger partial charge in [0.1, 0.15) is 5.82 Å². The van der Waals surface area contributed by atoms with E-state index in [9.17, 15) is 18.0 Å². The van der Waals surface area contributed by atoms with Crippen LogP contribution < -0.4 is 5.56 Å². The third-order valence-electron chi connectivity index (χ3n) is 2.32. The monoisotopic (exact) mass is 255 g/mol. The van der Waals surface area contributed by atoms with Crippen molar-refractivity contribution in [3.8, 4) is 11.4 Å². The first kappa shape index (κ1) is 12.3. The Morgan fingerprint density at radius 2 is 1.94 bits per heavy atom. The molecule has 2 heterocycles. The number of nitrogens with one attached hydrogen (secondary N) is 1. The van der Waals surface area contributed by atoms with E-state index in [-0.39, 0.29) is 11.4 Å². The summed E-state index contributed by atoms with van der Waals surface area (Å²) in [5.74, 6) is 0.0594. The smallest absolute Gasteiger partial charge is 0.306 e. The van der Waals surface area contributed by atoms with Gasteiger partial charge in [-0.2, -0.15) is 13.2 Å². The molecule has 4 nitrogen and oxygen atoms in total. The molecule has 2 aromatic rings. The molecular weight excluding hydrogens is 247 g/mol. The van der Waals surface area contributed by atoms with Crippen LogP contribution in [0.3, 0.4) is 0 Å². The number of nitrogens with zero attached hydrogens (tertiary/aromatic N) is 2. The van der Waals surface area contributed by atoms with Gasteiger partial charge in [-0.25, -0.2) is 4.98 Å². The first-order valence-corrected chi connectivity index (χ1v) is 4.96. The van der Waals surface area contributed by atoms with E-state index >= 15 is 0 Å². The Kier molecular flexibility index (Phi) is 2.90. The second-order valence-corrected chi connectivity index (χ2v) is 3.70. The number of hydrogen-bond acceptors (Lipinski definition) is 3. The normalized spacial score (nSPS) is 11.6. The Labute approximate surface area is 99.5 Å². The van der Waals surface area contributed by atoms with E-state index in [0.717, 1.165) is 12.3 Å². The number of H-pyrrole nitrogens is 1. The third kappa shape index (κ3) is 2.39. The third-order valence-corrected chi connectivity index (χ3v) is 2.32. The lowest BCUT2D eigenvalue weighted by molar-refractivity contribution is -0.137. The second kappa shape index (κ2) is 4.25. The van der Waals surface area contributed by atoms with Crippen molar-refractivity contribution >= 4 is 0 Å². The molecule has 0 unspecified atom stereocenters. The van der Waals surface area contributed by atoms with Crippen LogP contribution in [0.15, 0.2) is 29.5 Å². The van der Waals surface area contributed by atoms with Gasteiger partial charge in [0.15, 0.2) is 0 Å². The number of aromatic amines is 1. The maximum absolute atomic E-state index is 12.5. The van der Waals surface area contributed by atoms with Gasteiger partial charge in [0, 0.05) is 29.7 Å². The molecule has 0 saturated carbocycles. The summed E-state index contributed by atoms with van der Waals surface area (Å²) in [7, 11) is 0. The quantitative estimate of drug-likeness (QED) is 0.849. The molecule has 0 bridgehead atoms. The van der Waals surface area contributed by atoms with Crippen LogP contribution in [-0.4, -0.2) is 15.0 Å². The summed E-state index contributed by atoms with van der Waals surface area (Å²) in [5.41, 5.74) is -0.777. The van der Waals surface area contributed by atoms with E-state index in [0.29, 0.717) is 5.56 Å². The second-order valence-electron chi connectivity index (χ2n) is 3.70. The molecule has 0 aliphatic carbocycles. The van der Waals surface area contributed by atoms with Gasteiger partial charge in [0.2, 0.25) is 0 Å². The molecule has 94 valence electrons. The minimum Gasteiger partial charge on any atom is -0.306 e. The van der Waals surface area contributed by atoms with Crippen molar-refractivity contribution < 1.29 is 13.2 Å². The number of hydrogen-bond donors (Lipinski definition) is 1. The average molecular weight is 255 g/mol. The number of pyridine rings is 1. The molecule has 0 amide bonds. The molecule has 0 spiro atoms. The van der Waals surface area contributed by atoms with Crippen molar-refractivity contribution in [1.82, 2.24) is 15.0 Å². The molecule has 0 saturated heterocycles. The summed E-state index contributed by atoms with van der Waals surface area (Å²) in [5, 5.41) is 0. The molecule has 0 fully saturated rings. The molecule has 0 aromatic carbocycles. The molecule has 18 heavy (non-hydrogen) atoms. The van der Waals surface area contributed by atoms with E-state index < -0.39 is 17.3 Å². The highest BCUT2D eigenvalue weighted by molar-refractivity contribution is 5.54. The lowest BCUT2D eigenvalue weighted by Crippen LogP contribution is -2.12. The Hall–Kier alpha value is -2.18. The van der Waals surface area contributed by atoms with Crippen molar-refractivity contribution in [1.29, 1.82) is 0 Å². The average Bonchev–Trinajstić information content (AvgIpc) is 2.32. The predicted molar refractivity (Wildman–Crippen MR) is 57.8 cm³/mol. The largest absolute Gasteiger partial charge is 0.417 e. The first-order chi connectivity index (χ1) is 8.38. The number of rotatable bonds is 1. The van der Waals surface area contributed by atoms with Crippen LogP contribution in [-0.2, 0) is 6.18 Å². The lowest BCUT2D eigenvalue weighted by Gasteiger charge is -2.07. The first-order valence-electron chi connectivity index (χ1n) is 4.96. The number of aromatic nitrogens is 3. The van der Waals surface area contributed by atoms with Crippen molar-refractivity contribution in [3.63, 3.8) is 0 Å². The minimum atomic E-state index is -4.48. The number of aryl methyl sites for hydroxylation is 1. The molecule has 0 aliphatic rings. The van der Waals surface area contributed by atoms with Crippen LogP contribution in [0, 0.1) is 6.92 Å². The summed E-state index contributed by atoms with van der Waals surface area (Å²) in [4.78, 5) is 21.1. The van der Waals surface area contributed by atoms with Gasteiger partial charge < -0.3 is 4.98 Å². The van der Waals surface area contributed by atoms with E-state index in [1.54, 1.807) is 6.92 Å². The van der Waals surface area contributed by atoms with Gasteiger partial charge in [0.05, 0.1) is 5.56 Å². The summed E-state index contributed by atoms with van der Waals surface area (Å²) in [6.45, 7) is 1.56. The van der Waals surface area contributed by atoms with E-state index in [1.165, 1.54) is 12.4 Å². The molecular formula is C11H8F3N3O. The Morgan fingerprint density at radius 3 is 2.56 bits per heavy atom.